The minimum absolute atomic E-state index is 0.141. The summed E-state index contributed by atoms with van der Waals surface area (Å²) in [6.07, 6.45) is 7.81. The maximum Gasteiger partial charge on any atom is 0.201 e. The van der Waals surface area contributed by atoms with Crippen LogP contribution in [0.2, 0.25) is 0 Å². The molecule has 0 aromatic heterocycles. The summed E-state index contributed by atoms with van der Waals surface area (Å²) >= 11 is 0. The lowest BCUT2D eigenvalue weighted by Gasteiger charge is -2.44. The zero-order valence-corrected chi connectivity index (χ0v) is 18.3. The van der Waals surface area contributed by atoms with Gasteiger partial charge in [-0.25, -0.2) is 0 Å². The molecule has 2 atom stereocenters. The normalized spacial score (nSPS) is 23.0. The molecule has 5 rings (SSSR count). The number of hydrogen-bond donors (Lipinski definition) is 0. The number of benzene rings is 2. The molecule has 1 heterocycles. The van der Waals surface area contributed by atoms with E-state index < -0.39 is 0 Å². The SMILES string of the molecule is COc1cccc2c1C(=O)c1c(OC)cc(CN3CCCC4CCCCC43)cc1C2=O. The van der Waals surface area contributed by atoms with Gasteiger partial charge in [0.25, 0.3) is 0 Å². The number of piperidine rings is 1. The molecule has 0 N–H and O–H groups in total. The van der Waals surface area contributed by atoms with Gasteiger partial charge in [0.1, 0.15) is 11.5 Å². The Balaban J connectivity index is 1.53. The molecule has 5 heteroatoms. The van der Waals surface area contributed by atoms with E-state index in [0.717, 1.165) is 24.6 Å². The number of methoxy groups -OCH3 is 2. The second kappa shape index (κ2) is 8.12. The zero-order chi connectivity index (χ0) is 21.5. The number of carbonyl (C=O) groups is 2. The Hall–Kier alpha value is -2.66. The third-order valence-electron chi connectivity index (χ3n) is 7.32. The monoisotopic (exact) mass is 419 g/mol. The van der Waals surface area contributed by atoms with E-state index in [9.17, 15) is 9.59 Å². The molecule has 0 spiro atoms. The number of carbonyl (C=O) groups excluding carboxylic acids is 2. The molecule has 2 aliphatic carbocycles. The Labute approximate surface area is 183 Å². The van der Waals surface area contributed by atoms with Crippen molar-refractivity contribution in [3.05, 3.63) is 58.1 Å². The summed E-state index contributed by atoms with van der Waals surface area (Å²) in [4.78, 5) is 29.3. The quantitative estimate of drug-likeness (QED) is 0.617. The first-order chi connectivity index (χ1) is 15.1. The fourth-order valence-corrected chi connectivity index (χ4v) is 5.89. The standard InChI is InChI=1S/C26H29NO4/c1-30-21-11-5-9-18-23(21)26(29)24-19(25(18)28)13-16(14-22(24)31-2)15-27-12-6-8-17-7-3-4-10-20(17)27/h5,9,11,13-14,17,20H,3-4,6-8,10,12,15H2,1-2H3. The highest BCUT2D eigenvalue weighted by atomic mass is 16.5. The van der Waals surface area contributed by atoms with Crippen LogP contribution < -0.4 is 9.47 Å². The van der Waals surface area contributed by atoms with E-state index in [4.69, 9.17) is 9.47 Å². The van der Waals surface area contributed by atoms with Crippen LogP contribution in [0, 0.1) is 5.92 Å². The number of ketones is 2. The molecule has 2 fully saturated rings. The van der Waals surface area contributed by atoms with Crippen molar-refractivity contribution in [3.8, 4) is 11.5 Å². The summed E-state index contributed by atoms with van der Waals surface area (Å²) in [5.41, 5.74) is 2.56. The first-order valence-electron chi connectivity index (χ1n) is 11.3. The predicted molar refractivity (Wildman–Crippen MR) is 118 cm³/mol. The van der Waals surface area contributed by atoms with E-state index in [2.05, 4.69) is 4.90 Å². The van der Waals surface area contributed by atoms with E-state index >= 15 is 0 Å². The van der Waals surface area contributed by atoms with Crippen molar-refractivity contribution in [3.63, 3.8) is 0 Å². The molecule has 0 radical (unpaired) electrons. The van der Waals surface area contributed by atoms with Crippen molar-refractivity contribution in [2.45, 2.75) is 51.1 Å². The molecular formula is C26H29NO4. The molecule has 1 aliphatic heterocycles. The summed E-state index contributed by atoms with van der Waals surface area (Å²) in [5.74, 6) is 1.34. The largest absolute Gasteiger partial charge is 0.496 e. The van der Waals surface area contributed by atoms with E-state index in [1.54, 1.807) is 25.3 Å². The fourth-order valence-electron chi connectivity index (χ4n) is 5.89. The average molecular weight is 420 g/mol. The van der Waals surface area contributed by atoms with Gasteiger partial charge in [-0.05, 0) is 61.9 Å². The number of ether oxygens (including phenoxy) is 2. The third-order valence-corrected chi connectivity index (χ3v) is 7.32. The summed E-state index contributed by atoms with van der Waals surface area (Å²) in [7, 11) is 3.08. The Bertz CT molecular complexity index is 1040. The van der Waals surface area contributed by atoms with Crippen molar-refractivity contribution in [1.82, 2.24) is 4.90 Å². The van der Waals surface area contributed by atoms with Crippen LogP contribution >= 0.6 is 0 Å². The van der Waals surface area contributed by atoms with Crippen LogP contribution in [0.15, 0.2) is 30.3 Å². The molecule has 3 aliphatic rings. The maximum absolute atomic E-state index is 13.4. The molecule has 31 heavy (non-hydrogen) atoms. The third kappa shape index (κ3) is 3.35. The highest BCUT2D eigenvalue weighted by molar-refractivity contribution is 6.30. The minimum Gasteiger partial charge on any atom is -0.496 e. The maximum atomic E-state index is 13.4. The molecule has 1 saturated heterocycles. The number of nitrogens with zero attached hydrogens (tertiary/aromatic N) is 1. The first kappa shape index (κ1) is 20.3. The lowest BCUT2D eigenvalue weighted by Crippen LogP contribution is -2.46. The fraction of sp³-hybridized carbons (Fsp3) is 0.462. The van der Waals surface area contributed by atoms with Gasteiger partial charge in [0.05, 0.1) is 25.3 Å². The topological polar surface area (TPSA) is 55.8 Å². The van der Waals surface area contributed by atoms with Gasteiger partial charge in [-0.1, -0.05) is 25.0 Å². The van der Waals surface area contributed by atoms with E-state index in [1.165, 1.54) is 45.6 Å². The smallest absolute Gasteiger partial charge is 0.201 e. The second-order valence-electron chi connectivity index (χ2n) is 8.99. The Morgan fingerprint density at radius 2 is 1.61 bits per heavy atom. The van der Waals surface area contributed by atoms with Gasteiger partial charge < -0.3 is 9.47 Å². The average Bonchev–Trinajstić information content (AvgIpc) is 2.81. The van der Waals surface area contributed by atoms with Crippen LogP contribution in [-0.2, 0) is 6.54 Å². The van der Waals surface area contributed by atoms with Crippen molar-refractivity contribution in [2.75, 3.05) is 20.8 Å². The minimum atomic E-state index is -0.212. The van der Waals surface area contributed by atoms with Crippen LogP contribution in [0.25, 0.3) is 0 Å². The number of hydrogen-bond acceptors (Lipinski definition) is 5. The van der Waals surface area contributed by atoms with Crippen molar-refractivity contribution in [2.24, 2.45) is 5.92 Å². The van der Waals surface area contributed by atoms with Gasteiger partial charge in [-0.15, -0.1) is 0 Å². The number of likely N-dealkylation sites (tertiary alicyclic amines) is 1. The van der Waals surface area contributed by atoms with E-state index in [-0.39, 0.29) is 11.6 Å². The van der Waals surface area contributed by atoms with Gasteiger partial charge in [0, 0.05) is 23.7 Å². The molecule has 2 aromatic rings. The van der Waals surface area contributed by atoms with Gasteiger partial charge >= 0.3 is 0 Å². The molecule has 5 nitrogen and oxygen atoms in total. The molecule has 0 bridgehead atoms. The van der Waals surface area contributed by atoms with E-state index in [1.807, 2.05) is 12.1 Å². The Morgan fingerprint density at radius 3 is 2.42 bits per heavy atom. The van der Waals surface area contributed by atoms with Gasteiger partial charge in [-0.3, -0.25) is 14.5 Å². The van der Waals surface area contributed by atoms with Crippen molar-refractivity contribution in [1.29, 1.82) is 0 Å². The number of rotatable bonds is 4. The van der Waals surface area contributed by atoms with Crippen LogP contribution in [0.1, 0.15) is 75.9 Å². The first-order valence-corrected chi connectivity index (χ1v) is 11.3. The van der Waals surface area contributed by atoms with E-state index in [0.29, 0.717) is 39.8 Å². The van der Waals surface area contributed by atoms with Crippen LogP contribution in [0.4, 0.5) is 0 Å². The van der Waals surface area contributed by atoms with Crippen molar-refractivity contribution >= 4 is 11.6 Å². The molecule has 162 valence electrons. The Kier molecular flexibility index (Phi) is 5.30. The molecular weight excluding hydrogens is 390 g/mol. The number of fused-ring (bicyclic) bond motifs is 3. The molecule has 1 saturated carbocycles. The highest BCUT2D eigenvalue weighted by Gasteiger charge is 2.36. The summed E-state index contributed by atoms with van der Waals surface area (Å²) in [6.45, 7) is 1.88. The second-order valence-corrected chi connectivity index (χ2v) is 8.99. The van der Waals surface area contributed by atoms with Gasteiger partial charge in [0.2, 0.25) is 5.78 Å². The summed E-state index contributed by atoms with van der Waals surface area (Å²) < 4.78 is 11.0. The molecule has 2 unspecified atom stereocenters. The lowest BCUT2D eigenvalue weighted by atomic mass is 9.78. The molecule has 2 aromatic carbocycles. The van der Waals surface area contributed by atoms with Crippen LogP contribution in [0.5, 0.6) is 11.5 Å². The predicted octanol–water partition coefficient (Wildman–Crippen LogP) is 4.63. The lowest BCUT2D eigenvalue weighted by molar-refractivity contribution is 0.0546. The van der Waals surface area contributed by atoms with Crippen LogP contribution in [0.3, 0.4) is 0 Å². The highest BCUT2D eigenvalue weighted by Crippen LogP contribution is 2.40. The van der Waals surface area contributed by atoms with Gasteiger partial charge in [0.15, 0.2) is 5.78 Å². The summed E-state index contributed by atoms with van der Waals surface area (Å²) in [5, 5.41) is 0. The Morgan fingerprint density at radius 1 is 0.871 bits per heavy atom. The van der Waals surface area contributed by atoms with Crippen molar-refractivity contribution < 1.29 is 19.1 Å². The van der Waals surface area contributed by atoms with Crippen LogP contribution in [-0.4, -0.2) is 43.3 Å². The summed E-state index contributed by atoms with van der Waals surface area (Å²) in [6, 6.07) is 9.66. The zero-order valence-electron chi connectivity index (χ0n) is 18.3. The molecule has 0 amide bonds. The van der Waals surface area contributed by atoms with Gasteiger partial charge in [-0.2, -0.15) is 0 Å².